The molecule has 0 aromatic heterocycles. The van der Waals surface area contributed by atoms with E-state index in [4.69, 9.17) is 4.74 Å². The number of anilines is 1. The summed E-state index contributed by atoms with van der Waals surface area (Å²) >= 11 is 0. The molecular weight excluding hydrogens is 232 g/mol. The molecule has 18 heavy (non-hydrogen) atoms. The minimum absolute atomic E-state index is 0.00548. The molecule has 96 valence electrons. The molecule has 1 aromatic rings. The van der Waals surface area contributed by atoms with Crippen LogP contribution in [0.5, 0.6) is 11.5 Å². The lowest BCUT2D eigenvalue weighted by Crippen LogP contribution is -2.36. The van der Waals surface area contributed by atoms with Crippen LogP contribution in [0.25, 0.3) is 0 Å². The van der Waals surface area contributed by atoms with E-state index in [9.17, 15) is 9.90 Å². The average molecular weight is 248 g/mol. The average Bonchev–Trinajstić information content (AvgIpc) is 2.26. The Morgan fingerprint density at radius 2 is 2.17 bits per heavy atom. The second-order valence-corrected chi connectivity index (χ2v) is 4.17. The van der Waals surface area contributed by atoms with Gasteiger partial charge >= 0.3 is 0 Å². The standard InChI is InChI=1S/C13H16N2O3/c1-8(9-6-14-7-9)13(17)15-10-3-4-12(18-2)11(16)5-10/h3-5,14,16H,6-7H2,1-2H3,(H,15,17). The predicted octanol–water partition coefficient (Wildman–Crippen LogP) is 1.26. The van der Waals surface area contributed by atoms with Gasteiger partial charge in [0.05, 0.1) is 7.11 Å². The first kappa shape index (κ1) is 12.4. The number of hydrogen-bond donors (Lipinski definition) is 3. The number of carbonyl (C=O) groups is 1. The van der Waals surface area contributed by atoms with Gasteiger partial charge in [-0.05, 0) is 24.6 Å². The number of amides is 1. The predicted molar refractivity (Wildman–Crippen MR) is 68.9 cm³/mol. The number of ether oxygens (including phenoxy) is 1. The van der Waals surface area contributed by atoms with Gasteiger partial charge in [0, 0.05) is 30.4 Å². The molecule has 1 fully saturated rings. The van der Waals surface area contributed by atoms with Crippen LogP contribution in [-0.2, 0) is 4.79 Å². The van der Waals surface area contributed by atoms with Crippen LogP contribution in [0.1, 0.15) is 6.92 Å². The molecular formula is C13H16N2O3. The van der Waals surface area contributed by atoms with Crippen molar-refractivity contribution in [2.24, 2.45) is 0 Å². The second-order valence-electron chi connectivity index (χ2n) is 4.17. The Hall–Kier alpha value is -2.01. The molecule has 0 atom stereocenters. The highest BCUT2D eigenvalue weighted by Gasteiger charge is 2.16. The highest BCUT2D eigenvalue weighted by molar-refractivity contribution is 6.04. The minimum atomic E-state index is -0.143. The largest absolute Gasteiger partial charge is 0.504 e. The lowest BCUT2D eigenvalue weighted by molar-refractivity contribution is -0.112. The third-order valence-electron chi connectivity index (χ3n) is 2.98. The summed E-state index contributed by atoms with van der Waals surface area (Å²) in [4.78, 5) is 11.9. The van der Waals surface area contributed by atoms with Gasteiger partial charge in [0.2, 0.25) is 0 Å². The summed E-state index contributed by atoms with van der Waals surface area (Å²) in [5.41, 5.74) is 2.39. The number of nitrogens with one attached hydrogen (secondary N) is 2. The summed E-state index contributed by atoms with van der Waals surface area (Å²) < 4.78 is 4.94. The molecule has 0 saturated carbocycles. The van der Waals surface area contributed by atoms with Gasteiger partial charge in [-0.1, -0.05) is 0 Å². The van der Waals surface area contributed by atoms with Crippen molar-refractivity contribution in [3.8, 4) is 11.5 Å². The number of phenolic OH excluding ortho intramolecular Hbond substituents is 1. The second kappa shape index (κ2) is 5.10. The smallest absolute Gasteiger partial charge is 0.251 e. The molecule has 0 aliphatic carbocycles. The van der Waals surface area contributed by atoms with Crippen molar-refractivity contribution in [3.05, 3.63) is 29.3 Å². The SMILES string of the molecule is COc1ccc(NC(=O)C(C)=C2CNC2)cc1O. The molecule has 0 unspecified atom stereocenters. The van der Waals surface area contributed by atoms with E-state index in [0.29, 0.717) is 11.4 Å². The Labute approximate surface area is 105 Å². The van der Waals surface area contributed by atoms with E-state index in [0.717, 1.165) is 24.2 Å². The molecule has 1 aliphatic heterocycles. The molecule has 1 amide bonds. The lowest BCUT2D eigenvalue weighted by atomic mass is 10.0. The summed E-state index contributed by atoms with van der Waals surface area (Å²) in [6.45, 7) is 3.34. The van der Waals surface area contributed by atoms with Crippen LogP contribution in [0.15, 0.2) is 29.3 Å². The molecule has 5 nitrogen and oxygen atoms in total. The zero-order chi connectivity index (χ0) is 13.1. The van der Waals surface area contributed by atoms with Gasteiger partial charge in [0.25, 0.3) is 5.91 Å². The number of phenols is 1. The molecule has 0 spiro atoms. The lowest BCUT2D eigenvalue weighted by Gasteiger charge is -2.21. The van der Waals surface area contributed by atoms with Gasteiger partial charge < -0.3 is 20.5 Å². The minimum Gasteiger partial charge on any atom is -0.504 e. The highest BCUT2D eigenvalue weighted by Crippen LogP contribution is 2.28. The zero-order valence-electron chi connectivity index (χ0n) is 10.4. The van der Waals surface area contributed by atoms with E-state index in [1.807, 2.05) is 0 Å². The monoisotopic (exact) mass is 248 g/mol. The van der Waals surface area contributed by atoms with E-state index < -0.39 is 0 Å². The van der Waals surface area contributed by atoms with Crippen LogP contribution in [0.2, 0.25) is 0 Å². The van der Waals surface area contributed by atoms with E-state index in [-0.39, 0.29) is 11.7 Å². The van der Waals surface area contributed by atoms with E-state index in [1.165, 1.54) is 13.2 Å². The summed E-state index contributed by atoms with van der Waals surface area (Å²) in [6, 6.07) is 4.76. The maximum Gasteiger partial charge on any atom is 0.251 e. The van der Waals surface area contributed by atoms with Crippen molar-refractivity contribution in [3.63, 3.8) is 0 Å². The van der Waals surface area contributed by atoms with Crippen molar-refractivity contribution in [2.75, 3.05) is 25.5 Å². The first-order valence-electron chi connectivity index (χ1n) is 5.69. The van der Waals surface area contributed by atoms with Crippen LogP contribution < -0.4 is 15.4 Å². The van der Waals surface area contributed by atoms with Crippen LogP contribution in [0.4, 0.5) is 5.69 Å². The zero-order valence-corrected chi connectivity index (χ0v) is 10.4. The van der Waals surface area contributed by atoms with Gasteiger partial charge in [-0.2, -0.15) is 0 Å². The molecule has 1 aliphatic rings. The molecule has 3 N–H and O–H groups in total. The number of aromatic hydroxyl groups is 1. The van der Waals surface area contributed by atoms with Crippen molar-refractivity contribution in [2.45, 2.75) is 6.92 Å². The molecule has 5 heteroatoms. The van der Waals surface area contributed by atoms with Gasteiger partial charge in [-0.3, -0.25) is 4.79 Å². The van der Waals surface area contributed by atoms with Crippen molar-refractivity contribution in [1.29, 1.82) is 0 Å². The number of methoxy groups -OCH3 is 1. The fourth-order valence-corrected chi connectivity index (χ4v) is 1.67. The normalized spacial score (nSPS) is 13.8. The summed E-state index contributed by atoms with van der Waals surface area (Å²) in [5.74, 6) is 0.244. The third kappa shape index (κ3) is 2.46. The van der Waals surface area contributed by atoms with Crippen molar-refractivity contribution in [1.82, 2.24) is 5.32 Å². The Balaban J connectivity index is 2.10. The van der Waals surface area contributed by atoms with Crippen LogP contribution in [0.3, 0.4) is 0 Å². The Morgan fingerprint density at radius 1 is 1.44 bits per heavy atom. The topological polar surface area (TPSA) is 70.6 Å². The number of rotatable bonds is 3. The molecule has 0 radical (unpaired) electrons. The van der Waals surface area contributed by atoms with E-state index in [2.05, 4.69) is 10.6 Å². The fraction of sp³-hybridized carbons (Fsp3) is 0.308. The maximum absolute atomic E-state index is 11.9. The van der Waals surface area contributed by atoms with E-state index in [1.54, 1.807) is 19.1 Å². The molecule has 1 saturated heterocycles. The molecule has 1 aromatic carbocycles. The van der Waals surface area contributed by atoms with Crippen LogP contribution in [-0.4, -0.2) is 31.2 Å². The fourth-order valence-electron chi connectivity index (χ4n) is 1.67. The molecule has 1 heterocycles. The van der Waals surface area contributed by atoms with Crippen molar-refractivity contribution < 1.29 is 14.6 Å². The highest BCUT2D eigenvalue weighted by atomic mass is 16.5. The summed E-state index contributed by atoms with van der Waals surface area (Å²) in [7, 11) is 1.48. The summed E-state index contributed by atoms with van der Waals surface area (Å²) in [6.07, 6.45) is 0. The Bertz CT molecular complexity index is 503. The summed E-state index contributed by atoms with van der Waals surface area (Å²) in [5, 5.41) is 15.4. The van der Waals surface area contributed by atoms with Gasteiger partial charge in [-0.15, -0.1) is 0 Å². The molecule has 2 rings (SSSR count). The van der Waals surface area contributed by atoms with Crippen LogP contribution >= 0.6 is 0 Å². The first-order valence-corrected chi connectivity index (χ1v) is 5.69. The van der Waals surface area contributed by atoms with Gasteiger partial charge in [0.15, 0.2) is 11.5 Å². The maximum atomic E-state index is 11.9. The Kier molecular flexibility index (Phi) is 3.53. The van der Waals surface area contributed by atoms with Crippen molar-refractivity contribution >= 4 is 11.6 Å². The Morgan fingerprint density at radius 3 is 2.67 bits per heavy atom. The number of hydrogen-bond acceptors (Lipinski definition) is 4. The van der Waals surface area contributed by atoms with Crippen LogP contribution in [0, 0.1) is 0 Å². The van der Waals surface area contributed by atoms with Gasteiger partial charge in [-0.25, -0.2) is 0 Å². The first-order chi connectivity index (χ1) is 8.61. The quantitative estimate of drug-likeness (QED) is 0.704. The van der Waals surface area contributed by atoms with E-state index >= 15 is 0 Å². The number of carbonyl (C=O) groups excluding carboxylic acids is 1. The molecule has 0 bridgehead atoms. The number of benzene rings is 1. The van der Waals surface area contributed by atoms with Gasteiger partial charge in [0.1, 0.15) is 0 Å². The third-order valence-corrected chi connectivity index (χ3v) is 2.98.